The van der Waals surface area contributed by atoms with Crippen LogP contribution in [0.4, 0.5) is 13.6 Å². The molecule has 152 valence electrons. The van der Waals surface area contributed by atoms with Crippen molar-refractivity contribution >= 4 is 12.2 Å². The number of nitrogens with one attached hydrogen (secondary N) is 1. The van der Waals surface area contributed by atoms with E-state index in [2.05, 4.69) is 29.6 Å². The van der Waals surface area contributed by atoms with E-state index in [4.69, 9.17) is 4.74 Å². The third-order valence-corrected chi connectivity index (χ3v) is 5.18. The second kappa shape index (κ2) is 8.91. The third-order valence-electron chi connectivity index (χ3n) is 5.18. The molecule has 3 aromatic carbocycles. The Morgan fingerprint density at radius 1 is 0.933 bits per heavy atom. The minimum absolute atomic E-state index is 0.0245. The van der Waals surface area contributed by atoms with E-state index >= 15 is 0 Å². The highest BCUT2D eigenvalue weighted by molar-refractivity contribution is 5.79. The summed E-state index contributed by atoms with van der Waals surface area (Å²) < 4.78 is 31.6. The minimum Gasteiger partial charge on any atom is -0.449 e. The van der Waals surface area contributed by atoms with Gasteiger partial charge in [-0.05, 0) is 46.4 Å². The van der Waals surface area contributed by atoms with Gasteiger partial charge < -0.3 is 10.1 Å². The zero-order valence-corrected chi connectivity index (χ0v) is 16.3. The molecule has 0 saturated carbocycles. The van der Waals surface area contributed by atoms with Gasteiger partial charge in [-0.2, -0.15) is 0 Å². The highest BCUT2D eigenvalue weighted by atomic mass is 19.2. The Hall–Kier alpha value is -3.47. The van der Waals surface area contributed by atoms with Crippen LogP contribution < -0.4 is 5.32 Å². The fraction of sp³-hybridized carbons (Fsp3) is 0.160. The molecule has 0 heterocycles. The number of amides is 1. The number of alkyl carbamates (subject to hydrolysis) is 1. The lowest BCUT2D eigenvalue weighted by molar-refractivity contribution is 0.143. The number of carbonyl (C=O) groups is 1. The molecule has 3 aromatic rings. The maximum absolute atomic E-state index is 13.2. The van der Waals surface area contributed by atoms with E-state index in [0.29, 0.717) is 18.5 Å². The lowest BCUT2D eigenvalue weighted by Gasteiger charge is -2.14. The summed E-state index contributed by atoms with van der Waals surface area (Å²) in [6.07, 6.45) is 3.54. The molecule has 0 radical (unpaired) electrons. The van der Waals surface area contributed by atoms with E-state index in [1.54, 1.807) is 12.2 Å². The molecule has 0 unspecified atom stereocenters. The van der Waals surface area contributed by atoms with Crippen LogP contribution in [0.15, 0.2) is 72.8 Å². The Balaban J connectivity index is 1.27. The van der Waals surface area contributed by atoms with Crippen molar-refractivity contribution in [1.29, 1.82) is 0 Å². The summed E-state index contributed by atoms with van der Waals surface area (Å²) in [5, 5.41) is 2.71. The Bertz CT molecular complexity index is 1050. The molecular weight excluding hydrogens is 384 g/mol. The van der Waals surface area contributed by atoms with Crippen LogP contribution >= 0.6 is 0 Å². The maximum Gasteiger partial charge on any atom is 0.407 e. The van der Waals surface area contributed by atoms with Gasteiger partial charge in [-0.25, -0.2) is 13.6 Å². The zero-order valence-electron chi connectivity index (χ0n) is 16.3. The van der Waals surface area contributed by atoms with Crippen LogP contribution in [-0.4, -0.2) is 19.2 Å². The standard InChI is InChI=1S/C25H21F2NO2/c26-23-13-12-17(15-24(23)27)7-5-6-14-28-25(29)30-16-22-20-10-3-1-8-18(20)19-9-2-4-11-21(19)22/h1-5,7-13,15,22H,6,14,16H2,(H,28,29). The van der Waals surface area contributed by atoms with Gasteiger partial charge >= 0.3 is 6.09 Å². The third kappa shape index (κ3) is 4.25. The van der Waals surface area contributed by atoms with E-state index in [9.17, 15) is 13.6 Å². The average Bonchev–Trinajstić information content (AvgIpc) is 3.08. The molecule has 1 aliphatic rings. The van der Waals surface area contributed by atoms with Crippen molar-refractivity contribution in [3.05, 3.63) is 101 Å². The van der Waals surface area contributed by atoms with E-state index < -0.39 is 17.7 Å². The highest BCUT2D eigenvalue weighted by Gasteiger charge is 2.28. The number of fused-ring (bicyclic) bond motifs is 3. The molecule has 4 rings (SSSR count). The molecule has 0 aliphatic heterocycles. The van der Waals surface area contributed by atoms with E-state index in [1.807, 2.05) is 24.3 Å². The van der Waals surface area contributed by atoms with Crippen molar-refractivity contribution in [2.75, 3.05) is 13.2 Å². The molecule has 0 fully saturated rings. The molecule has 0 spiro atoms. The van der Waals surface area contributed by atoms with Gasteiger partial charge in [-0.3, -0.25) is 0 Å². The Morgan fingerprint density at radius 2 is 1.60 bits per heavy atom. The van der Waals surface area contributed by atoms with Gasteiger partial charge in [0.25, 0.3) is 0 Å². The lowest BCUT2D eigenvalue weighted by atomic mass is 9.98. The number of hydrogen-bond donors (Lipinski definition) is 1. The first-order valence-corrected chi connectivity index (χ1v) is 9.84. The van der Waals surface area contributed by atoms with Gasteiger partial charge in [0.2, 0.25) is 0 Å². The van der Waals surface area contributed by atoms with Crippen LogP contribution in [0.2, 0.25) is 0 Å². The minimum atomic E-state index is -0.881. The summed E-state index contributed by atoms with van der Waals surface area (Å²) in [6.45, 7) is 0.654. The summed E-state index contributed by atoms with van der Waals surface area (Å²) in [5.41, 5.74) is 5.27. The van der Waals surface area contributed by atoms with Gasteiger partial charge in [0.05, 0.1) is 0 Å². The van der Waals surface area contributed by atoms with E-state index in [1.165, 1.54) is 28.3 Å². The second-order valence-corrected chi connectivity index (χ2v) is 7.12. The first-order valence-electron chi connectivity index (χ1n) is 9.84. The summed E-state index contributed by atoms with van der Waals surface area (Å²) in [4.78, 5) is 12.1. The van der Waals surface area contributed by atoms with Gasteiger partial charge in [-0.15, -0.1) is 0 Å². The van der Waals surface area contributed by atoms with Gasteiger partial charge in [0.1, 0.15) is 6.61 Å². The first kappa shape index (κ1) is 19.8. The monoisotopic (exact) mass is 405 g/mol. The maximum atomic E-state index is 13.2. The van der Waals surface area contributed by atoms with Crippen molar-refractivity contribution in [3.63, 3.8) is 0 Å². The molecule has 5 heteroatoms. The topological polar surface area (TPSA) is 38.3 Å². The molecule has 0 saturated heterocycles. The molecule has 1 amide bonds. The zero-order chi connectivity index (χ0) is 20.9. The highest BCUT2D eigenvalue weighted by Crippen LogP contribution is 2.44. The average molecular weight is 405 g/mol. The lowest BCUT2D eigenvalue weighted by Crippen LogP contribution is -2.26. The van der Waals surface area contributed by atoms with E-state index in [0.717, 1.165) is 12.1 Å². The summed E-state index contributed by atoms with van der Waals surface area (Å²) >= 11 is 0. The first-order chi connectivity index (χ1) is 14.6. The molecule has 0 bridgehead atoms. The quantitative estimate of drug-likeness (QED) is 0.518. The summed E-state index contributed by atoms with van der Waals surface area (Å²) in [7, 11) is 0. The molecule has 0 aromatic heterocycles. The number of rotatable bonds is 6. The molecule has 1 aliphatic carbocycles. The number of halogens is 2. The van der Waals surface area contributed by atoms with Crippen LogP contribution in [0, 0.1) is 11.6 Å². The van der Waals surface area contributed by atoms with Gasteiger partial charge in [0, 0.05) is 12.5 Å². The number of hydrogen-bond acceptors (Lipinski definition) is 2. The predicted molar refractivity (Wildman–Crippen MR) is 113 cm³/mol. The largest absolute Gasteiger partial charge is 0.449 e. The van der Waals surface area contributed by atoms with Crippen molar-refractivity contribution in [2.24, 2.45) is 0 Å². The van der Waals surface area contributed by atoms with Crippen LogP contribution in [-0.2, 0) is 4.74 Å². The van der Waals surface area contributed by atoms with Gasteiger partial charge in [-0.1, -0.05) is 66.7 Å². The smallest absolute Gasteiger partial charge is 0.407 e. The van der Waals surface area contributed by atoms with Gasteiger partial charge in [0.15, 0.2) is 11.6 Å². The molecule has 1 N–H and O–H groups in total. The number of benzene rings is 3. The summed E-state index contributed by atoms with van der Waals surface area (Å²) in [5.74, 6) is -1.73. The fourth-order valence-electron chi connectivity index (χ4n) is 3.74. The van der Waals surface area contributed by atoms with Crippen LogP contribution in [0.25, 0.3) is 17.2 Å². The Kier molecular flexibility index (Phi) is 5.89. The summed E-state index contributed by atoms with van der Waals surface area (Å²) in [6, 6.07) is 20.1. The van der Waals surface area contributed by atoms with Crippen LogP contribution in [0.3, 0.4) is 0 Å². The second-order valence-electron chi connectivity index (χ2n) is 7.12. The SMILES string of the molecule is O=C(NCCC=Cc1ccc(F)c(F)c1)OCC1c2ccccc2-c2ccccc21. The molecular formula is C25H21F2NO2. The van der Waals surface area contributed by atoms with E-state index in [-0.39, 0.29) is 12.5 Å². The molecule has 0 atom stereocenters. The molecule has 30 heavy (non-hydrogen) atoms. The number of ether oxygens (including phenoxy) is 1. The Labute approximate surface area is 174 Å². The fourth-order valence-corrected chi connectivity index (χ4v) is 3.74. The molecule has 3 nitrogen and oxygen atoms in total. The number of carbonyl (C=O) groups excluding carboxylic acids is 1. The van der Waals surface area contributed by atoms with Crippen molar-refractivity contribution in [1.82, 2.24) is 5.32 Å². The van der Waals surface area contributed by atoms with Crippen molar-refractivity contribution in [3.8, 4) is 11.1 Å². The Morgan fingerprint density at radius 3 is 2.27 bits per heavy atom. The van der Waals surface area contributed by atoms with Crippen molar-refractivity contribution in [2.45, 2.75) is 12.3 Å². The van der Waals surface area contributed by atoms with Crippen LogP contribution in [0.1, 0.15) is 29.0 Å². The normalized spacial score (nSPS) is 12.6. The predicted octanol–water partition coefficient (Wildman–Crippen LogP) is 5.91. The van der Waals surface area contributed by atoms with Crippen molar-refractivity contribution < 1.29 is 18.3 Å². The van der Waals surface area contributed by atoms with Crippen LogP contribution in [0.5, 0.6) is 0 Å².